The Balaban J connectivity index is 1.96. The second kappa shape index (κ2) is 4.24. The molecule has 19 heavy (non-hydrogen) atoms. The van der Waals surface area contributed by atoms with Gasteiger partial charge in [-0.15, -0.1) is 0 Å². The molecule has 2 aromatic rings. The van der Waals surface area contributed by atoms with Crippen LogP contribution in [-0.2, 0) is 10.3 Å². The van der Waals surface area contributed by atoms with Gasteiger partial charge in [-0.25, -0.2) is 0 Å². The van der Waals surface area contributed by atoms with Gasteiger partial charge < -0.3 is 20.7 Å². The largest absolute Gasteiger partial charge is 0.399 e. The maximum absolute atomic E-state index is 5.76. The first kappa shape index (κ1) is 12.0. The fourth-order valence-electron chi connectivity index (χ4n) is 2.31. The Morgan fingerprint density at radius 1 is 1.21 bits per heavy atom. The number of hydrogen-bond acceptors (Lipinski definition) is 6. The molecule has 2 heterocycles. The van der Waals surface area contributed by atoms with Gasteiger partial charge in [0, 0.05) is 23.5 Å². The van der Waals surface area contributed by atoms with Gasteiger partial charge in [0.15, 0.2) is 0 Å². The van der Waals surface area contributed by atoms with Crippen molar-refractivity contribution in [2.75, 3.05) is 18.1 Å². The Labute approximate surface area is 110 Å². The van der Waals surface area contributed by atoms with Gasteiger partial charge in [-0.1, -0.05) is 5.16 Å². The minimum atomic E-state index is -0.451. The van der Waals surface area contributed by atoms with E-state index in [1.165, 1.54) is 0 Å². The van der Waals surface area contributed by atoms with Gasteiger partial charge in [-0.3, -0.25) is 0 Å². The van der Waals surface area contributed by atoms with Crippen molar-refractivity contribution in [1.29, 1.82) is 0 Å². The quantitative estimate of drug-likeness (QED) is 0.800. The number of anilines is 2. The number of aromatic nitrogens is 2. The average Bonchev–Trinajstić information content (AvgIpc) is 2.96. The van der Waals surface area contributed by atoms with Crippen LogP contribution in [0.1, 0.15) is 25.6 Å². The van der Waals surface area contributed by atoms with E-state index in [0.29, 0.717) is 23.1 Å². The number of rotatable bonds is 2. The lowest BCUT2D eigenvalue weighted by Crippen LogP contribution is -2.21. The summed E-state index contributed by atoms with van der Waals surface area (Å²) in [5, 5.41) is 4.01. The molecule has 1 aromatic heterocycles. The molecular formula is C13H16N4O2. The van der Waals surface area contributed by atoms with Crippen molar-refractivity contribution >= 4 is 11.4 Å². The van der Waals surface area contributed by atoms with Crippen LogP contribution in [0, 0.1) is 0 Å². The van der Waals surface area contributed by atoms with Crippen molar-refractivity contribution in [3.05, 3.63) is 24.0 Å². The van der Waals surface area contributed by atoms with Crippen LogP contribution in [0.2, 0.25) is 0 Å². The number of benzene rings is 1. The zero-order valence-corrected chi connectivity index (χ0v) is 10.7. The summed E-state index contributed by atoms with van der Waals surface area (Å²) >= 11 is 0. The Hall–Kier alpha value is -2.08. The smallest absolute Gasteiger partial charge is 0.258 e. The predicted molar refractivity (Wildman–Crippen MR) is 71.1 cm³/mol. The van der Waals surface area contributed by atoms with Crippen LogP contribution in [0.4, 0.5) is 11.4 Å². The highest BCUT2D eigenvalue weighted by Crippen LogP contribution is 2.35. The van der Waals surface area contributed by atoms with E-state index >= 15 is 0 Å². The Kier molecular flexibility index (Phi) is 2.67. The maximum Gasteiger partial charge on any atom is 0.258 e. The summed E-state index contributed by atoms with van der Waals surface area (Å²) in [5.41, 5.74) is 12.9. The standard InChI is InChI=1S/C13H16N4O2/c1-13(3-2-4-18-13)12-16-11(19-17-12)8-5-9(14)7-10(15)6-8/h5-7H,2-4,14-15H2,1H3. The molecular weight excluding hydrogens is 244 g/mol. The summed E-state index contributed by atoms with van der Waals surface area (Å²) in [4.78, 5) is 4.40. The molecule has 1 aliphatic heterocycles. The molecule has 6 heteroatoms. The average molecular weight is 260 g/mol. The van der Waals surface area contributed by atoms with Crippen LogP contribution in [0.15, 0.2) is 22.7 Å². The second-order valence-electron chi connectivity index (χ2n) is 4.99. The monoisotopic (exact) mass is 260 g/mol. The van der Waals surface area contributed by atoms with Gasteiger partial charge in [0.2, 0.25) is 5.82 Å². The highest BCUT2D eigenvalue weighted by atomic mass is 16.5. The third-order valence-corrected chi connectivity index (χ3v) is 3.34. The molecule has 100 valence electrons. The molecule has 0 aliphatic carbocycles. The number of ether oxygens (including phenoxy) is 1. The third-order valence-electron chi connectivity index (χ3n) is 3.34. The fraction of sp³-hybridized carbons (Fsp3) is 0.385. The first-order valence-corrected chi connectivity index (χ1v) is 6.21. The highest BCUT2D eigenvalue weighted by molar-refractivity contribution is 5.67. The van der Waals surface area contributed by atoms with E-state index in [-0.39, 0.29) is 0 Å². The molecule has 1 saturated heterocycles. The summed E-state index contributed by atoms with van der Waals surface area (Å²) in [6.45, 7) is 2.70. The normalized spacial score (nSPS) is 22.8. The minimum absolute atomic E-state index is 0.408. The highest BCUT2D eigenvalue weighted by Gasteiger charge is 2.36. The van der Waals surface area contributed by atoms with Crippen molar-refractivity contribution in [2.45, 2.75) is 25.4 Å². The summed E-state index contributed by atoms with van der Waals surface area (Å²) in [7, 11) is 0. The van der Waals surface area contributed by atoms with E-state index in [2.05, 4.69) is 10.1 Å². The molecule has 0 saturated carbocycles. The molecule has 1 unspecified atom stereocenters. The van der Waals surface area contributed by atoms with Gasteiger partial charge >= 0.3 is 0 Å². The molecule has 0 amide bonds. The summed E-state index contributed by atoms with van der Waals surface area (Å²) < 4.78 is 11.0. The number of nitrogen functional groups attached to an aromatic ring is 2. The third kappa shape index (κ3) is 2.15. The molecule has 3 rings (SSSR count). The fourth-order valence-corrected chi connectivity index (χ4v) is 2.31. The lowest BCUT2D eigenvalue weighted by molar-refractivity contribution is 0.00768. The van der Waals surface area contributed by atoms with Crippen molar-refractivity contribution < 1.29 is 9.26 Å². The lowest BCUT2D eigenvalue weighted by atomic mass is 10.0. The summed E-state index contributed by atoms with van der Waals surface area (Å²) in [6.07, 6.45) is 1.90. The maximum atomic E-state index is 5.76. The van der Waals surface area contributed by atoms with E-state index in [4.69, 9.17) is 20.7 Å². The number of nitrogens with two attached hydrogens (primary N) is 2. The van der Waals surface area contributed by atoms with Crippen molar-refractivity contribution in [2.24, 2.45) is 0 Å². The first-order chi connectivity index (χ1) is 9.07. The Morgan fingerprint density at radius 3 is 2.58 bits per heavy atom. The van der Waals surface area contributed by atoms with Gasteiger partial charge in [-0.05, 0) is 38.0 Å². The van der Waals surface area contributed by atoms with Crippen LogP contribution in [0.5, 0.6) is 0 Å². The Bertz CT molecular complexity index is 582. The van der Waals surface area contributed by atoms with Crippen molar-refractivity contribution in [1.82, 2.24) is 10.1 Å². The van der Waals surface area contributed by atoms with Gasteiger partial charge in [0.05, 0.1) is 0 Å². The molecule has 1 fully saturated rings. The second-order valence-corrected chi connectivity index (χ2v) is 4.99. The van der Waals surface area contributed by atoms with Crippen molar-refractivity contribution in [3.8, 4) is 11.5 Å². The lowest BCUT2D eigenvalue weighted by Gasteiger charge is -2.17. The molecule has 1 atom stereocenters. The summed E-state index contributed by atoms with van der Waals surface area (Å²) in [5.74, 6) is 0.978. The van der Waals surface area contributed by atoms with Gasteiger partial charge in [-0.2, -0.15) is 4.98 Å². The summed E-state index contributed by atoms with van der Waals surface area (Å²) in [6, 6.07) is 5.19. The molecule has 0 radical (unpaired) electrons. The van der Waals surface area contributed by atoms with Crippen LogP contribution < -0.4 is 11.5 Å². The molecule has 4 N–H and O–H groups in total. The molecule has 0 spiro atoms. The van der Waals surface area contributed by atoms with E-state index in [9.17, 15) is 0 Å². The zero-order valence-electron chi connectivity index (χ0n) is 10.7. The van der Waals surface area contributed by atoms with E-state index in [0.717, 1.165) is 25.0 Å². The molecule has 6 nitrogen and oxygen atoms in total. The van der Waals surface area contributed by atoms with Crippen LogP contribution in [0.25, 0.3) is 11.5 Å². The van der Waals surface area contributed by atoms with Gasteiger partial charge in [0.25, 0.3) is 5.89 Å². The predicted octanol–water partition coefficient (Wildman–Crippen LogP) is 1.93. The van der Waals surface area contributed by atoms with E-state index < -0.39 is 5.60 Å². The topological polar surface area (TPSA) is 100 Å². The first-order valence-electron chi connectivity index (χ1n) is 6.21. The van der Waals surface area contributed by atoms with Crippen LogP contribution >= 0.6 is 0 Å². The van der Waals surface area contributed by atoms with Crippen LogP contribution in [-0.4, -0.2) is 16.7 Å². The molecule has 1 aromatic carbocycles. The van der Waals surface area contributed by atoms with E-state index in [1.807, 2.05) is 6.92 Å². The molecule has 1 aliphatic rings. The number of nitrogens with zero attached hydrogens (tertiary/aromatic N) is 2. The van der Waals surface area contributed by atoms with Crippen molar-refractivity contribution in [3.63, 3.8) is 0 Å². The Morgan fingerprint density at radius 2 is 1.95 bits per heavy atom. The minimum Gasteiger partial charge on any atom is -0.399 e. The van der Waals surface area contributed by atoms with Gasteiger partial charge in [0.1, 0.15) is 5.60 Å². The van der Waals surface area contributed by atoms with Crippen LogP contribution in [0.3, 0.4) is 0 Å². The van der Waals surface area contributed by atoms with E-state index in [1.54, 1.807) is 18.2 Å². The SMILES string of the molecule is CC1(c2noc(-c3cc(N)cc(N)c3)n2)CCCO1. The zero-order chi connectivity index (χ0) is 13.5. The number of hydrogen-bond donors (Lipinski definition) is 2. The molecule has 0 bridgehead atoms.